The zero-order valence-electron chi connectivity index (χ0n) is 11.6. The Bertz CT molecular complexity index is 527. The van der Waals surface area contributed by atoms with Gasteiger partial charge in [0.05, 0.1) is 6.42 Å². The van der Waals surface area contributed by atoms with Crippen LogP contribution in [-0.4, -0.2) is 45.1 Å². The molecule has 22 heavy (non-hydrogen) atoms. The molecule has 8 heteroatoms. The van der Waals surface area contributed by atoms with Crippen molar-refractivity contribution in [2.75, 3.05) is 0 Å². The molecule has 8 nitrogen and oxygen atoms in total. The second kappa shape index (κ2) is 10.1. The van der Waals surface area contributed by atoms with Crippen LogP contribution < -0.4 is 5.73 Å². The maximum absolute atomic E-state index is 10.4. The lowest BCUT2D eigenvalue weighted by Gasteiger charge is -2.04. The maximum Gasteiger partial charge on any atom is 0.372 e. The third-order valence-electron chi connectivity index (χ3n) is 2.42. The molecule has 0 aliphatic heterocycles. The molecule has 0 fully saturated rings. The number of benzene rings is 1. The first-order chi connectivity index (χ1) is 10.2. The molecule has 120 valence electrons. The number of Topliss-reactive ketones (excluding diaryl/α,β-unsaturated/α-hetero) is 1. The Morgan fingerprint density at radius 3 is 1.91 bits per heavy atom. The fraction of sp³-hybridized carbons (Fsp3) is 0.286. The van der Waals surface area contributed by atoms with Gasteiger partial charge < -0.3 is 21.1 Å². The van der Waals surface area contributed by atoms with Gasteiger partial charge in [0.15, 0.2) is 0 Å². The first-order valence-electron chi connectivity index (χ1n) is 6.24. The monoisotopic (exact) mass is 311 g/mol. The molecule has 1 aromatic carbocycles. The van der Waals surface area contributed by atoms with E-state index in [4.69, 9.17) is 21.1 Å². The lowest BCUT2D eigenvalue weighted by Crippen LogP contribution is -2.32. The normalized spacial score (nSPS) is 10.8. The van der Waals surface area contributed by atoms with Crippen LogP contribution in [0.3, 0.4) is 0 Å². The molecule has 1 unspecified atom stereocenters. The van der Waals surface area contributed by atoms with Crippen molar-refractivity contribution >= 4 is 23.7 Å². The van der Waals surface area contributed by atoms with Gasteiger partial charge in [-0.1, -0.05) is 30.3 Å². The van der Waals surface area contributed by atoms with Gasteiger partial charge in [-0.2, -0.15) is 0 Å². The van der Waals surface area contributed by atoms with E-state index in [9.17, 15) is 19.2 Å². The summed E-state index contributed by atoms with van der Waals surface area (Å²) in [6.45, 7) is 0. The molecule has 0 radical (unpaired) electrons. The summed E-state index contributed by atoms with van der Waals surface area (Å²) in [6, 6.07) is 8.54. The average Bonchev–Trinajstić information content (AvgIpc) is 2.46. The Kier molecular flexibility index (Phi) is 8.80. The average molecular weight is 311 g/mol. The smallest absolute Gasteiger partial charge is 0.372 e. The molecule has 1 rings (SSSR count). The molecule has 0 bridgehead atoms. The minimum Gasteiger partial charge on any atom is -0.481 e. The quantitative estimate of drug-likeness (QED) is 0.518. The van der Waals surface area contributed by atoms with Gasteiger partial charge in [0.25, 0.3) is 0 Å². The summed E-state index contributed by atoms with van der Waals surface area (Å²) in [7, 11) is 0. The molecule has 0 heterocycles. The molecule has 5 N–H and O–H groups in total. The highest BCUT2D eigenvalue weighted by molar-refractivity contribution is 6.32. The zero-order valence-corrected chi connectivity index (χ0v) is 11.6. The van der Waals surface area contributed by atoms with E-state index < -0.39 is 42.6 Å². The van der Waals surface area contributed by atoms with E-state index >= 15 is 0 Å². The number of carboxylic acid groups (broad SMARTS) is 3. The summed E-state index contributed by atoms with van der Waals surface area (Å²) >= 11 is 0. The Morgan fingerprint density at radius 2 is 1.50 bits per heavy atom. The van der Waals surface area contributed by atoms with E-state index in [2.05, 4.69) is 0 Å². The fourth-order valence-corrected chi connectivity index (χ4v) is 1.28. The topological polar surface area (TPSA) is 155 Å². The highest BCUT2D eigenvalue weighted by atomic mass is 16.4. The van der Waals surface area contributed by atoms with Crippen molar-refractivity contribution in [1.82, 2.24) is 0 Å². The lowest BCUT2D eigenvalue weighted by atomic mass is 10.1. The van der Waals surface area contributed by atoms with E-state index in [-0.39, 0.29) is 0 Å². The SMILES string of the molecule is NC(Cc1ccccc1)C(=O)O.O=C(O)CCC(=O)C(=O)O. The standard InChI is InChI=1S/C9H11NO2.C5H6O5/c10-8(9(11)12)6-7-4-2-1-3-5-7;6-3(5(9)10)1-2-4(7)8/h1-5,8H,6,10H2,(H,11,12);1-2H2,(H,7,8)(H,9,10). The number of carbonyl (C=O) groups excluding carboxylic acids is 1. The maximum atomic E-state index is 10.4. The molecule has 0 spiro atoms. The van der Waals surface area contributed by atoms with Gasteiger partial charge in [-0.25, -0.2) is 4.79 Å². The van der Waals surface area contributed by atoms with E-state index in [1.807, 2.05) is 30.3 Å². The Hall–Kier alpha value is -2.74. The van der Waals surface area contributed by atoms with Crippen LogP contribution in [-0.2, 0) is 25.6 Å². The van der Waals surface area contributed by atoms with Gasteiger partial charge in [-0.3, -0.25) is 14.4 Å². The second-order valence-electron chi connectivity index (χ2n) is 4.26. The van der Waals surface area contributed by atoms with Crippen LogP contribution in [0.25, 0.3) is 0 Å². The van der Waals surface area contributed by atoms with Crippen LogP contribution >= 0.6 is 0 Å². The van der Waals surface area contributed by atoms with Crippen molar-refractivity contribution in [3.8, 4) is 0 Å². The van der Waals surface area contributed by atoms with Crippen molar-refractivity contribution in [2.45, 2.75) is 25.3 Å². The van der Waals surface area contributed by atoms with E-state index in [0.29, 0.717) is 6.42 Å². The molecule has 0 aliphatic carbocycles. The summed E-state index contributed by atoms with van der Waals surface area (Å²) in [5.41, 5.74) is 6.30. The van der Waals surface area contributed by atoms with Crippen molar-refractivity contribution in [3.05, 3.63) is 35.9 Å². The summed E-state index contributed by atoms with van der Waals surface area (Å²) in [5, 5.41) is 24.5. The molecule has 1 atom stereocenters. The van der Waals surface area contributed by atoms with E-state index in [0.717, 1.165) is 5.56 Å². The van der Waals surface area contributed by atoms with Crippen molar-refractivity contribution < 1.29 is 34.5 Å². The molecule has 1 aromatic rings. The lowest BCUT2D eigenvalue weighted by molar-refractivity contribution is -0.149. The van der Waals surface area contributed by atoms with Gasteiger partial charge in [0.1, 0.15) is 6.04 Å². The van der Waals surface area contributed by atoms with Gasteiger partial charge >= 0.3 is 17.9 Å². The van der Waals surface area contributed by atoms with Crippen molar-refractivity contribution in [3.63, 3.8) is 0 Å². The second-order valence-corrected chi connectivity index (χ2v) is 4.26. The minimum atomic E-state index is -1.58. The van der Waals surface area contributed by atoms with Crippen LogP contribution in [0, 0.1) is 0 Å². The fourth-order valence-electron chi connectivity index (χ4n) is 1.28. The number of hydrogen-bond donors (Lipinski definition) is 4. The number of aliphatic carboxylic acids is 3. The zero-order chi connectivity index (χ0) is 17.1. The van der Waals surface area contributed by atoms with Crippen LogP contribution in [0.5, 0.6) is 0 Å². The van der Waals surface area contributed by atoms with Crippen molar-refractivity contribution in [2.24, 2.45) is 5.73 Å². The largest absolute Gasteiger partial charge is 0.481 e. The number of carbonyl (C=O) groups is 4. The predicted octanol–water partition coefficient (Wildman–Crippen LogP) is 0.146. The molecule has 0 amide bonds. The number of nitrogens with two attached hydrogens (primary N) is 1. The Labute approximate surface area is 126 Å². The number of hydrogen-bond acceptors (Lipinski definition) is 5. The summed E-state index contributed by atoms with van der Waals surface area (Å²) in [5.74, 6) is -4.78. The van der Waals surface area contributed by atoms with Crippen LogP contribution in [0.2, 0.25) is 0 Å². The van der Waals surface area contributed by atoms with Gasteiger partial charge in [-0.15, -0.1) is 0 Å². The minimum absolute atomic E-state index is 0.385. The third kappa shape index (κ3) is 9.21. The molecular formula is C14H17NO7. The molecule has 0 aromatic heterocycles. The summed E-state index contributed by atoms with van der Waals surface area (Å²) < 4.78 is 0. The summed E-state index contributed by atoms with van der Waals surface area (Å²) in [4.78, 5) is 40.1. The predicted molar refractivity (Wildman–Crippen MR) is 75.3 cm³/mol. The highest BCUT2D eigenvalue weighted by Gasteiger charge is 2.12. The molecule has 0 saturated carbocycles. The molecule has 0 saturated heterocycles. The first kappa shape index (κ1) is 19.3. The van der Waals surface area contributed by atoms with Crippen LogP contribution in [0.15, 0.2) is 30.3 Å². The van der Waals surface area contributed by atoms with Gasteiger partial charge in [0.2, 0.25) is 5.78 Å². The third-order valence-corrected chi connectivity index (χ3v) is 2.42. The number of ketones is 1. The van der Waals surface area contributed by atoms with Crippen LogP contribution in [0.1, 0.15) is 18.4 Å². The molecule has 0 aliphatic rings. The first-order valence-corrected chi connectivity index (χ1v) is 6.24. The molecular weight excluding hydrogens is 294 g/mol. The van der Waals surface area contributed by atoms with Crippen LogP contribution in [0.4, 0.5) is 0 Å². The van der Waals surface area contributed by atoms with E-state index in [1.165, 1.54) is 0 Å². The number of carboxylic acids is 3. The Morgan fingerprint density at radius 1 is 0.955 bits per heavy atom. The van der Waals surface area contributed by atoms with E-state index in [1.54, 1.807) is 0 Å². The Balaban J connectivity index is 0.000000409. The number of rotatable bonds is 7. The van der Waals surface area contributed by atoms with Gasteiger partial charge in [0, 0.05) is 6.42 Å². The highest BCUT2D eigenvalue weighted by Crippen LogP contribution is 2.01. The van der Waals surface area contributed by atoms with Crippen molar-refractivity contribution in [1.29, 1.82) is 0 Å². The summed E-state index contributed by atoms with van der Waals surface area (Å²) in [6.07, 6.45) is -0.480. The van der Waals surface area contributed by atoms with Gasteiger partial charge in [-0.05, 0) is 12.0 Å².